The molecule has 1 aromatic rings. The van der Waals surface area contributed by atoms with E-state index in [2.05, 4.69) is 10.0 Å². The minimum absolute atomic E-state index is 0.145. The smallest absolute Gasteiger partial charge is 0.251 e. The molecule has 6 heteroatoms. The SMILES string of the molecule is CCCNS(=O)(=O)c1ccc(C(=O)NC2CC2)cc1. The fraction of sp³-hybridized carbons (Fsp3) is 0.462. The fourth-order valence-electron chi connectivity index (χ4n) is 1.60. The van der Waals surface area contributed by atoms with Crippen LogP contribution >= 0.6 is 0 Å². The predicted molar refractivity (Wildman–Crippen MR) is 72.4 cm³/mol. The van der Waals surface area contributed by atoms with Gasteiger partial charge in [0.2, 0.25) is 10.0 Å². The number of rotatable bonds is 6. The molecule has 0 aromatic heterocycles. The molecule has 1 amide bonds. The van der Waals surface area contributed by atoms with Gasteiger partial charge in [0.15, 0.2) is 0 Å². The van der Waals surface area contributed by atoms with Crippen molar-refractivity contribution in [1.82, 2.24) is 10.0 Å². The van der Waals surface area contributed by atoms with Crippen LogP contribution in [0.5, 0.6) is 0 Å². The lowest BCUT2D eigenvalue weighted by atomic mass is 10.2. The van der Waals surface area contributed by atoms with Crippen molar-refractivity contribution in [2.75, 3.05) is 6.54 Å². The summed E-state index contributed by atoms with van der Waals surface area (Å²) in [7, 11) is -3.46. The Kier molecular flexibility index (Phi) is 4.21. The van der Waals surface area contributed by atoms with Gasteiger partial charge in [-0.2, -0.15) is 0 Å². The highest BCUT2D eigenvalue weighted by atomic mass is 32.2. The number of hydrogen-bond donors (Lipinski definition) is 2. The van der Waals surface area contributed by atoms with Crippen LogP contribution in [0.25, 0.3) is 0 Å². The lowest BCUT2D eigenvalue weighted by Gasteiger charge is -2.07. The van der Waals surface area contributed by atoms with E-state index in [0.29, 0.717) is 18.2 Å². The van der Waals surface area contributed by atoms with Crippen LogP contribution in [-0.4, -0.2) is 26.9 Å². The minimum Gasteiger partial charge on any atom is -0.349 e. The van der Waals surface area contributed by atoms with Crippen LogP contribution in [0.1, 0.15) is 36.5 Å². The molecular formula is C13H18N2O3S. The first-order valence-electron chi connectivity index (χ1n) is 6.43. The zero-order valence-electron chi connectivity index (χ0n) is 10.8. The molecular weight excluding hydrogens is 264 g/mol. The van der Waals surface area contributed by atoms with Crippen molar-refractivity contribution >= 4 is 15.9 Å². The Hall–Kier alpha value is -1.40. The average Bonchev–Trinajstić information content (AvgIpc) is 3.20. The third-order valence-electron chi connectivity index (χ3n) is 2.88. The van der Waals surface area contributed by atoms with Gasteiger partial charge in [0.05, 0.1) is 4.90 Å². The lowest BCUT2D eigenvalue weighted by Crippen LogP contribution is -2.26. The Morgan fingerprint density at radius 1 is 1.26 bits per heavy atom. The molecule has 0 bridgehead atoms. The van der Waals surface area contributed by atoms with E-state index in [4.69, 9.17) is 0 Å². The van der Waals surface area contributed by atoms with E-state index in [1.165, 1.54) is 24.3 Å². The summed E-state index contributed by atoms with van der Waals surface area (Å²) in [5.74, 6) is -0.145. The molecule has 2 N–H and O–H groups in total. The molecule has 0 unspecified atom stereocenters. The average molecular weight is 282 g/mol. The van der Waals surface area contributed by atoms with E-state index >= 15 is 0 Å². The Bertz CT molecular complexity index is 548. The molecule has 0 aliphatic heterocycles. The standard InChI is InChI=1S/C13H18N2O3S/c1-2-9-14-19(17,18)12-7-3-10(4-8-12)13(16)15-11-5-6-11/h3-4,7-8,11,14H,2,5-6,9H2,1H3,(H,15,16). The first kappa shape index (κ1) is 14.0. The molecule has 1 saturated carbocycles. The van der Waals surface area contributed by atoms with E-state index in [9.17, 15) is 13.2 Å². The quantitative estimate of drug-likeness (QED) is 0.825. The van der Waals surface area contributed by atoms with Crippen LogP contribution in [0.15, 0.2) is 29.2 Å². The van der Waals surface area contributed by atoms with Gasteiger partial charge in [-0.3, -0.25) is 4.79 Å². The van der Waals surface area contributed by atoms with Crippen molar-refractivity contribution in [3.05, 3.63) is 29.8 Å². The van der Waals surface area contributed by atoms with Crippen molar-refractivity contribution in [3.8, 4) is 0 Å². The van der Waals surface area contributed by atoms with Gasteiger partial charge in [0.1, 0.15) is 0 Å². The fourth-order valence-corrected chi connectivity index (χ4v) is 2.74. The van der Waals surface area contributed by atoms with Crippen molar-refractivity contribution in [2.24, 2.45) is 0 Å². The second kappa shape index (κ2) is 5.71. The van der Waals surface area contributed by atoms with Gasteiger partial charge < -0.3 is 5.32 Å². The van der Waals surface area contributed by atoms with E-state index in [0.717, 1.165) is 19.3 Å². The van der Waals surface area contributed by atoms with Crippen LogP contribution in [0, 0.1) is 0 Å². The first-order valence-corrected chi connectivity index (χ1v) is 7.92. The highest BCUT2D eigenvalue weighted by molar-refractivity contribution is 7.89. The summed E-state index contributed by atoms with van der Waals surface area (Å²) in [6.45, 7) is 2.31. The maximum absolute atomic E-state index is 11.8. The van der Waals surface area contributed by atoms with E-state index in [1.54, 1.807) is 0 Å². The Labute approximate surface area is 113 Å². The summed E-state index contributed by atoms with van der Waals surface area (Å²) in [6, 6.07) is 6.29. The molecule has 5 nitrogen and oxygen atoms in total. The molecule has 104 valence electrons. The number of amides is 1. The van der Waals surface area contributed by atoms with Crippen molar-refractivity contribution in [1.29, 1.82) is 0 Å². The van der Waals surface area contributed by atoms with E-state index in [1.807, 2.05) is 6.92 Å². The van der Waals surface area contributed by atoms with Crippen LogP contribution in [0.4, 0.5) is 0 Å². The van der Waals surface area contributed by atoms with Gasteiger partial charge in [-0.1, -0.05) is 6.92 Å². The third-order valence-corrected chi connectivity index (χ3v) is 4.36. The molecule has 19 heavy (non-hydrogen) atoms. The van der Waals surface area contributed by atoms with Gasteiger partial charge in [-0.05, 0) is 43.5 Å². The van der Waals surface area contributed by atoms with Gasteiger partial charge in [0.25, 0.3) is 5.91 Å². The predicted octanol–water partition coefficient (Wildman–Crippen LogP) is 1.27. The molecule has 1 aromatic carbocycles. The summed E-state index contributed by atoms with van der Waals surface area (Å²) < 4.78 is 26.2. The van der Waals surface area contributed by atoms with Gasteiger partial charge in [-0.15, -0.1) is 0 Å². The summed E-state index contributed by atoms with van der Waals surface area (Å²) in [5.41, 5.74) is 0.487. The van der Waals surface area contributed by atoms with Gasteiger partial charge in [-0.25, -0.2) is 13.1 Å². The third kappa shape index (κ3) is 3.78. The Morgan fingerprint density at radius 3 is 2.42 bits per heavy atom. The maximum atomic E-state index is 11.8. The van der Waals surface area contributed by atoms with Crippen molar-refractivity contribution in [3.63, 3.8) is 0 Å². The van der Waals surface area contributed by atoms with Gasteiger partial charge >= 0.3 is 0 Å². The number of carbonyl (C=O) groups excluding carboxylic acids is 1. The van der Waals surface area contributed by atoms with Crippen LogP contribution in [0.2, 0.25) is 0 Å². The highest BCUT2D eigenvalue weighted by Gasteiger charge is 2.24. The maximum Gasteiger partial charge on any atom is 0.251 e. The Balaban J connectivity index is 2.06. The number of nitrogens with one attached hydrogen (secondary N) is 2. The number of hydrogen-bond acceptors (Lipinski definition) is 3. The second-order valence-corrected chi connectivity index (χ2v) is 6.44. The lowest BCUT2D eigenvalue weighted by molar-refractivity contribution is 0.0951. The monoisotopic (exact) mass is 282 g/mol. The summed E-state index contributed by atoms with van der Waals surface area (Å²) in [4.78, 5) is 11.9. The molecule has 1 aliphatic carbocycles. The summed E-state index contributed by atoms with van der Waals surface area (Å²) in [6.07, 6.45) is 2.79. The van der Waals surface area contributed by atoms with Crippen LogP contribution < -0.4 is 10.0 Å². The van der Waals surface area contributed by atoms with Crippen molar-refractivity contribution in [2.45, 2.75) is 37.1 Å². The zero-order chi connectivity index (χ0) is 13.9. The molecule has 0 heterocycles. The molecule has 0 atom stereocenters. The van der Waals surface area contributed by atoms with Crippen molar-refractivity contribution < 1.29 is 13.2 Å². The molecule has 1 fully saturated rings. The van der Waals surface area contributed by atoms with Crippen LogP contribution in [0.3, 0.4) is 0 Å². The zero-order valence-corrected chi connectivity index (χ0v) is 11.7. The number of carbonyl (C=O) groups is 1. The Morgan fingerprint density at radius 2 is 1.89 bits per heavy atom. The van der Waals surface area contributed by atoms with Gasteiger partial charge in [0, 0.05) is 18.2 Å². The molecule has 0 saturated heterocycles. The second-order valence-electron chi connectivity index (χ2n) is 4.67. The van der Waals surface area contributed by atoms with E-state index in [-0.39, 0.29) is 10.8 Å². The largest absolute Gasteiger partial charge is 0.349 e. The van der Waals surface area contributed by atoms with Crippen LogP contribution in [-0.2, 0) is 10.0 Å². The normalized spacial score (nSPS) is 15.2. The number of sulfonamides is 1. The summed E-state index contributed by atoms with van der Waals surface area (Å²) >= 11 is 0. The molecule has 0 spiro atoms. The first-order chi connectivity index (χ1) is 9.03. The molecule has 2 rings (SSSR count). The summed E-state index contributed by atoms with van der Waals surface area (Å²) in [5, 5.41) is 2.86. The molecule has 1 aliphatic rings. The molecule has 0 radical (unpaired) electrons. The minimum atomic E-state index is -3.46. The number of benzene rings is 1. The topological polar surface area (TPSA) is 75.3 Å². The van der Waals surface area contributed by atoms with E-state index < -0.39 is 10.0 Å². The highest BCUT2D eigenvalue weighted by Crippen LogP contribution is 2.19.